The van der Waals surface area contributed by atoms with E-state index < -0.39 is 0 Å². The lowest BCUT2D eigenvalue weighted by molar-refractivity contribution is -0.118. The van der Waals surface area contributed by atoms with Crippen LogP contribution < -0.4 is 5.73 Å². The van der Waals surface area contributed by atoms with Crippen molar-refractivity contribution in [3.05, 3.63) is 22.4 Å². The molecule has 2 N–H and O–H groups in total. The first-order valence-corrected chi connectivity index (χ1v) is 5.43. The van der Waals surface area contributed by atoms with Crippen LogP contribution in [0.3, 0.4) is 0 Å². The highest BCUT2D eigenvalue weighted by molar-refractivity contribution is 7.10. The van der Waals surface area contributed by atoms with Gasteiger partial charge in [0.2, 0.25) is 5.91 Å². The van der Waals surface area contributed by atoms with E-state index in [1.807, 2.05) is 11.4 Å². The summed E-state index contributed by atoms with van der Waals surface area (Å²) in [4.78, 5) is 12.1. The van der Waals surface area contributed by atoms with Crippen molar-refractivity contribution in [2.45, 2.75) is 32.1 Å². The highest BCUT2D eigenvalue weighted by Crippen LogP contribution is 2.28. The molecule has 0 aliphatic carbocycles. The van der Waals surface area contributed by atoms with Gasteiger partial charge in [0, 0.05) is 17.2 Å². The molecule has 0 aromatic carbocycles. The van der Waals surface area contributed by atoms with Gasteiger partial charge in [-0.2, -0.15) is 0 Å². The molecule has 1 atom stereocenters. The van der Waals surface area contributed by atoms with Gasteiger partial charge >= 0.3 is 0 Å². The van der Waals surface area contributed by atoms with Gasteiger partial charge in [0.15, 0.2) is 0 Å². The van der Waals surface area contributed by atoms with Crippen molar-refractivity contribution >= 4 is 17.2 Å². The first kappa shape index (κ1) is 10.3. The van der Waals surface area contributed by atoms with Gasteiger partial charge in [-0.05, 0) is 17.9 Å². The Morgan fingerprint density at radius 1 is 1.69 bits per heavy atom. The van der Waals surface area contributed by atoms with Crippen molar-refractivity contribution in [3.63, 3.8) is 0 Å². The molecule has 0 bridgehead atoms. The Balaban J connectivity index is 2.62. The number of rotatable bonds is 5. The summed E-state index contributed by atoms with van der Waals surface area (Å²) in [6.07, 6.45) is 2.62. The summed E-state index contributed by atoms with van der Waals surface area (Å²) in [6.45, 7) is 2.13. The maximum Gasteiger partial charge on any atom is 0.218 e. The summed E-state index contributed by atoms with van der Waals surface area (Å²) in [5.41, 5.74) is 5.20. The zero-order valence-electron chi connectivity index (χ0n) is 7.82. The minimum absolute atomic E-state index is 0.202. The molecular weight excluding hydrogens is 182 g/mol. The third-order valence-corrected chi connectivity index (χ3v) is 3.07. The van der Waals surface area contributed by atoms with Crippen LogP contribution in [0.4, 0.5) is 0 Å². The molecule has 1 rings (SSSR count). The Morgan fingerprint density at radius 3 is 2.92 bits per heavy atom. The van der Waals surface area contributed by atoms with E-state index in [1.165, 1.54) is 4.88 Å². The molecule has 1 heterocycles. The molecule has 1 aromatic rings. The third kappa shape index (κ3) is 3.19. The number of hydrogen-bond acceptors (Lipinski definition) is 2. The maximum absolute atomic E-state index is 10.8. The molecule has 0 aliphatic heterocycles. The fraction of sp³-hybridized carbons (Fsp3) is 0.500. The molecule has 0 spiro atoms. The van der Waals surface area contributed by atoms with Gasteiger partial charge in [0.05, 0.1) is 0 Å². The van der Waals surface area contributed by atoms with Crippen LogP contribution in [0, 0.1) is 0 Å². The highest BCUT2D eigenvalue weighted by Gasteiger charge is 2.13. The number of amides is 1. The van der Waals surface area contributed by atoms with Crippen molar-refractivity contribution in [3.8, 4) is 0 Å². The molecule has 3 heteroatoms. The molecule has 1 aromatic heterocycles. The monoisotopic (exact) mass is 197 g/mol. The number of hydrogen-bond donors (Lipinski definition) is 1. The van der Waals surface area contributed by atoms with Gasteiger partial charge in [0.25, 0.3) is 0 Å². The van der Waals surface area contributed by atoms with Gasteiger partial charge in [-0.15, -0.1) is 11.3 Å². The fourth-order valence-corrected chi connectivity index (χ4v) is 2.32. The molecule has 72 valence electrons. The largest absolute Gasteiger partial charge is 0.370 e. The lowest BCUT2D eigenvalue weighted by Crippen LogP contribution is -2.14. The zero-order valence-corrected chi connectivity index (χ0v) is 8.64. The smallest absolute Gasteiger partial charge is 0.218 e. The molecule has 1 amide bonds. The van der Waals surface area contributed by atoms with Gasteiger partial charge in [-0.25, -0.2) is 0 Å². The standard InChI is InChI=1S/C10H15NOS/c1-2-4-8(7-10(11)12)9-5-3-6-13-9/h3,5-6,8H,2,4,7H2,1H3,(H2,11,12). The van der Waals surface area contributed by atoms with E-state index in [9.17, 15) is 4.79 Å². The van der Waals surface area contributed by atoms with Crippen molar-refractivity contribution in [2.24, 2.45) is 5.73 Å². The molecule has 0 radical (unpaired) electrons. The van der Waals surface area contributed by atoms with Crippen molar-refractivity contribution < 1.29 is 4.79 Å². The van der Waals surface area contributed by atoms with Crippen LogP contribution in [-0.4, -0.2) is 5.91 Å². The molecule has 1 unspecified atom stereocenters. The Morgan fingerprint density at radius 2 is 2.46 bits per heavy atom. The second-order valence-corrected chi connectivity index (χ2v) is 4.15. The fourth-order valence-electron chi connectivity index (χ4n) is 1.46. The first-order chi connectivity index (χ1) is 6.24. The van der Waals surface area contributed by atoms with Crippen LogP contribution in [-0.2, 0) is 4.79 Å². The minimum atomic E-state index is -0.202. The number of nitrogens with two attached hydrogens (primary N) is 1. The summed E-state index contributed by atoms with van der Waals surface area (Å²) in [5, 5.41) is 2.04. The summed E-state index contributed by atoms with van der Waals surface area (Å²) >= 11 is 1.71. The molecular formula is C10H15NOS. The van der Waals surface area contributed by atoms with Crippen molar-refractivity contribution in [1.82, 2.24) is 0 Å². The number of carbonyl (C=O) groups excluding carboxylic acids is 1. The predicted molar refractivity (Wildman–Crippen MR) is 55.8 cm³/mol. The number of thiophene rings is 1. The molecule has 0 fully saturated rings. The van der Waals surface area contributed by atoms with Crippen LogP contribution in [0.1, 0.15) is 37.0 Å². The number of primary amides is 1. The molecule has 0 aliphatic rings. The lowest BCUT2D eigenvalue weighted by atomic mass is 9.98. The average molecular weight is 197 g/mol. The highest BCUT2D eigenvalue weighted by atomic mass is 32.1. The lowest BCUT2D eigenvalue weighted by Gasteiger charge is -2.11. The van der Waals surface area contributed by atoms with Crippen LogP contribution in [0.15, 0.2) is 17.5 Å². The normalized spacial score (nSPS) is 12.7. The Labute approximate surface area is 82.8 Å². The predicted octanol–water partition coefficient (Wildman–Crippen LogP) is 2.51. The van der Waals surface area contributed by atoms with Gasteiger partial charge < -0.3 is 5.73 Å². The van der Waals surface area contributed by atoms with E-state index >= 15 is 0 Å². The average Bonchev–Trinajstić information content (AvgIpc) is 2.54. The quantitative estimate of drug-likeness (QED) is 0.774. The number of carbonyl (C=O) groups is 1. The minimum Gasteiger partial charge on any atom is -0.370 e. The first-order valence-electron chi connectivity index (χ1n) is 4.55. The van der Waals surface area contributed by atoms with Crippen molar-refractivity contribution in [1.29, 1.82) is 0 Å². The zero-order chi connectivity index (χ0) is 9.68. The van der Waals surface area contributed by atoms with Gasteiger partial charge in [0.1, 0.15) is 0 Å². The second-order valence-electron chi connectivity index (χ2n) is 3.17. The third-order valence-electron chi connectivity index (χ3n) is 2.03. The van der Waals surface area contributed by atoms with Crippen LogP contribution in [0.5, 0.6) is 0 Å². The molecule has 0 saturated carbocycles. The summed E-state index contributed by atoms with van der Waals surface area (Å²) < 4.78 is 0. The van der Waals surface area contributed by atoms with Crippen LogP contribution in [0.2, 0.25) is 0 Å². The maximum atomic E-state index is 10.8. The molecule has 2 nitrogen and oxygen atoms in total. The van der Waals surface area contributed by atoms with E-state index in [0.29, 0.717) is 12.3 Å². The van der Waals surface area contributed by atoms with Gasteiger partial charge in [-0.3, -0.25) is 4.79 Å². The van der Waals surface area contributed by atoms with Gasteiger partial charge in [-0.1, -0.05) is 19.4 Å². The molecule has 13 heavy (non-hydrogen) atoms. The van der Waals surface area contributed by atoms with Crippen molar-refractivity contribution in [2.75, 3.05) is 0 Å². The van der Waals surface area contributed by atoms with E-state index in [-0.39, 0.29) is 5.91 Å². The second kappa shape index (κ2) is 5.02. The summed E-state index contributed by atoms with van der Waals surface area (Å²) in [7, 11) is 0. The summed E-state index contributed by atoms with van der Waals surface area (Å²) in [6, 6.07) is 4.09. The molecule has 0 saturated heterocycles. The topological polar surface area (TPSA) is 43.1 Å². The Bertz CT molecular complexity index is 256. The van der Waals surface area contributed by atoms with E-state index in [1.54, 1.807) is 11.3 Å². The Kier molecular flexibility index (Phi) is 3.96. The van der Waals surface area contributed by atoms with E-state index in [2.05, 4.69) is 13.0 Å². The Hall–Kier alpha value is -0.830. The van der Waals surface area contributed by atoms with Crippen LogP contribution >= 0.6 is 11.3 Å². The SMILES string of the molecule is CCCC(CC(N)=O)c1cccs1. The van der Waals surface area contributed by atoms with E-state index in [4.69, 9.17) is 5.73 Å². The summed E-state index contributed by atoms with van der Waals surface area (Å²) in [5.74, 6) is 0.134. The van der Waals surface area contributed by atoms with E-state index in [0.717, 1.165) is 12.8 Å². The van der Waals surface area contributed by atoms with Crippen LogP contribution in [0.25, 0.3) is 0 Å².